The maximum absolute atomic E-state index is 5.14. The summed E-state index contributed by atoms with van der Waals surface area (Å²) in [5.74, 6) is 2.73. The van der Waals surface area contributed by atoms with Crippen LogP contribution in [0.3, 0.4) is 0 Å². The van der Waals surface area contributed by atoms with E-state index in [0.29, 0.717) is 24.2 Å². The third-order valence-corrected chi connectivity index (χ3v) is 3.07. The van der Waals surface area contributed by atoms with E-state index in [4.69, 9.17) is 9.26 Å². The smallest absolute Gasteiger partial charge is 0.223 e. The molecule has 118 valence electrons. The van der Waals surface area contributed by atoms with Gasteiger partial charge in [0.25, 0.3) is 0 Å². The molecule has 0 aliphatic rings. The number of guanidine groups is 1. The highest BCUT2D eigenvalue weighted by molar-refractivity contribution is 5.79. The van der Waals surface area contributed by atoms with E-state index in [1.807, 2.05) is 12.1 Å². The first kappa shape index (κ1) is 15.8. The fourth-order valence-corrected chi connectivity index (χ4v) is 1.91. The highest BCUT2D eigenvalue weighted by atomic mass is 16.5. The molecule has 0 unspecified atom stereocenters. The molecule has 0 saturated heterocycles. The first-order valence-electron chi connectivity index (χ1n) is 7.08. The average Bonchev–Trinajstić information content (AvgIpc) is 2.96. The van der Waals surface area contributed by atoms with Crippen molar-refractivity contribution in [1.82, 2.24) is 20.8 Å². The van der Waals surface area contributed by atoms with Gasteiger partial charge in [0.1, 0.15) is 5.75 Å². The molecule has 1 aromatic carbocycles. The van der Waals surface area contributed by atoms with E-state index in [0.717, 1.165) is 18.7 Å². The second-order valence-electron chi connectivity index (χ2n) is 4.68. The lowest BCUT2D eigenvalue weighted by Gasteiger charge is -2.10. The van der Waals surface area contributed by atoms with E-state index in [-0.39, 0.29) is 0 Å². The Morgan fingerprint density at radius 2 is 2.05 bits per heavy atom. The Bertz CT molecular complexity index is 607. The summed E-state index contributed by atoms with van der Waals surface area (Å²) >= 11 is 0. The van der Waals surface area contributed by atoms with Crippen molar-refractivity contribution in [1.29, 1.82) is 0 Å². The molecular weight excluding hydrogens is 282 g/mol. The van der Waals surface area contributed by atoms with Crippen molar-refractivity contribution < 1.29 is 9.26 Å². The third kappa shape index (κ3) is 4.76. The Morgan fingerprint density at radius 3 is 2.64 bits per heavy atom. The first-order valence-corrected chi connectivity index (χ1v) is 7.08. The minimum atomic E-state index is 0.472. The van der Waals surface area contributed by atoms with Crippen LogP contribution in [0.25, 0.3) is 0 Å². The molecule has 0 atom stereocenters. The molecule has 2 rings (SSSR count). The number of methoxy groups -OCH3 is 1. The standard InChI is InChI=1S/C15H21N5O2/c1-11-19-14(20-22-11)10-18-15(16-2)17-9-8-12-4-6-13(21-3)7-5-12/h4-7H,8-10H2,1-3H3,(H2,16,17,18). The summed E-state index contributed by atoms with van der Waals surface area (Å²) in [6, 6.07) is 8.03. The van der Waals surface area contributed by atoms with Gasteiger partial charge in [-0.05, 0) is 24.1 Å². The first-order chi connectivity index (χ1) is 10.7. The van der Waals surface area contributed by atoms with E-state index in [1.54, 1.807) is 21.1 Å². The Kier molecular flexibility index (Phi) is 5.76. The molecule has 7 nitrogen and oxygen atoms in total. The van der Waals surface area contributed by atoms with Crippen molar-refractivity contribution in [3.05, 3.63) is 41.5 Å². The van der Waals surface area contributed by atoms with Crippen LogP contribution < -0.4 is 15.4 Å². The fraction of sp³-hybridized carbons (Fsp3) is 0.400. The maximum Gasteiger partial charge on any atom is 0.223 e. The van der Waals surface area contributed by atoms with E-state index >= 15 is 0 Å². The molecule has 0 aliphatic heterocycles. The number of aryl methyl sites for hydroxylation is 1. The van der Waals surface area contributed by atoms with Crippen LogP contribution in [0.4, 0.5) is 0 Å². The van der Waals surface area contributed by atoms with Gasteiger partial charge >= 0.3 is 0 Å². The predicted octanol–water partition coefficient (Wildman–Crippen LogP) is 1.29. The second kappa shape index (κ2) is 8.02. The molecule has 7 heteroatoms. The van der Waals surface area contributed by atoms with Crippen LogP contribution in [0, 0.1) is 6.92 Å². The number of ether oxygens (including phenoxy) is 1. The largest absolute Gasteiger partial charge is 0.497 e. The number of aromatic nitrogens is 2. The molecule has 1 heterocycles. The van der Waals surface area contributed by atoms with Gasteiger partial charge in [-0.25, -0.2) is 0 Å². The quantitative estimate of drug-likeness (QED) is 0.618. The number of nitrogens with zero attached hydrogens (tertiary/aromatic N) is 3. The van der Waals surface area contributed by atoms with Crippen LogP contribution in [0.5, 0.6) is 5.75 Å². The number of rotatable bonds is 6. The molecule has 0 fully saturated rings. The summed E-state index contributed by atoms with van der Waals surface area (Å²) in [6.45, 7) is 3.01. The predicted molar refractivity (Wildman–Crippen MR) is 83.9 cm³/mol. The van der Waals surface area contributed by atoms with Gasteiger partial charge in [0.15, 0.2) is 11.8 Å². The van der Waals surface area contributed by atoms with Gasteiger partial charge in [-0.15, -0.1) is 0 Å². The van der Waals surface area contributed by atoms with Gasteiger partial charge in [0.05, 0.1) is 13.7 Å². The monoisotopic (exact) mass is 303 g/mol. The van der Waals surface area contributed by atoms with Crippen LogP contribution >= 0.6 is 0 Å². The summed E-state index contributed by atoms with van der Waals surface area (Å²) in [6.07, 6.45) is 0.895. The molecule has 0 aliphatic carbocycles. The zero-order valence-corrected chi connectivity index (χ0v) is 13.1. The van der Waals surface area contributed by atoms with Gasteiger partial charge in [0.2, 0.25) is 5.89 Å². The zero-order chi connectivity index (χ0) is 15.8. The molecule has 2 N–H and O–H groups in total. The number of benzene rings is 1. The fourth-order valence-electron chi connectivity index (χ4n) is 1.91. The van der Waals surface area contributed by atoms with Gasteiger partial charge in [-0.1, -0.05) is 17.3 Å². The molecule has 2 aromatic rings. The topological polar surface area (TPSA) is 84.6 Å². The van der Waals surface area contributed by atoms with Crippen molar-refractivity contribution >= 4 is 5.96 Å². The Labute approximate surface area is 129 Å². The molecule has 0 radical (unpaired) electrons. The van der Waals surface area contributed by atoms with Crippen molar-refractivity contribution in [3.8, 4) is 5.75 Å². The maximum atomic E-state index is 5.14. The van der Waals surface area contributed by atoms with E-state index in [1.165, 1.54) is 5.56 Å². The highest BCUT2D eigenvalue weighted by Gasteiger charge is 2.03. The van der Waals surface area contributed by atoms with Crippen LogP contribution in [0.15, 0.2) is 33.8 Å². The zero-order valence-electron chi connectivity index (χ0n) is 13.1. The molecule has 0 spiro atoms. The number of nitrogens with one attached hydrogen (secondary N) is 2. The number of aliphatic imine (C=N–C) groups is 1. The van der Waals surface area contributed by atoms with Crippen molar-refractivity contribution in [3.63, 3.8) is 0 Å². The molecule has 0 amide bonds. The second-order valence-corrected chi connectivity index (χ2v) is 4.68. The molecular formula is C15H21N5O2. The average molecular weight is 303 g/mol. The van der Waals surface area contributed by atoms with E-state index in [9.17, 15) is 0 Å². The van der Waals surface area contributed by atoms with Gasteiger partial charge < -0.3 is 19.9 Å². The summed E-state index contributed by atoms with van der Waals surface area (Å²) < 4.78 is 10.1. The van der Waals surface area contributed by atoms with Crippen LogP contribution in [-0.2, 0) is 13.0 Å². The van der Waals surface area contributed by atoms with E-state index < -0.39 is 0 Å². The molecule has 0 bridgehead atoms. The number of hydrogen-bond acceptors (Lipinski definition) is 5. The van der Waals surface area contributed by atoms with Gasteiger partial charge in [-0.3, -0.25) is 4.99 Å². The van der Waals surface area contributed by atoms with Crippen molar-refractivity contribution in [2.24, 2.45) is 4.99 Å². The lowest BCUT2D eigenvalue weighted by atomic mass is 10.1. The van der Waals surface area contributed by atoms with Gasteiger partial charge in [-0.2, -0.15) is 4.98 Å². The SMILES string of the molecule is CN=C(NCCc1ccc(OC)cc1)NCc1noc(C)n1. The highest BCUT2D eigenvalue weighted by Crippen LogP contribution is 2.11. The number of hydrogen-bond donors (Lipinski definition) is 2. The summed E-state index contributed by atoms with van der Waals surface area (Å²) in [5, 5.41) is 10.2. The normalized spacial score (nSPS) is 11.3. The molecule has 22 heavy (non-hydrogen) atoms. The van der Waals surface area contributed by atoms with Crippen LogP contribution in [-0.4, -0.2) is 36.8 Å². The minimum absolute atomic E-state index is 0.472. The molecule has 1 aromatic heterocycles. The van der Waals surface area contributed by atoms with Gasteiger partial charge in [0, 0.05) is 20.5 Å². The van der Waals surface area contributed by atoms with Crippen molar-refractivity contribution in [2.75, 3.05) is 20.7 Å². The Morgan fingerprint density at radius 1 is 1.27 bits per heavy atom. The summed E-state index contributed by atoms with van der Waals surface area (Å²) in [7, 11) is 3.39. The molecule has 0 saturated carbocycles. The third-order valence-electron chi connectivity index (χ3n) is 3.07. The minimum Gasteiger partial charge on any atom is -0.497 e. The summed E-state index contributed by atoms with van der Waals surface area (Å²) in [4.78, 5) is 8.28. The van der Waals surface area contributed by atoms with Crippen molar-refractivity contribution in [2.45, 2.75) is 19.9 Å². The van der Waals surface area contributed by atoms with Crippen LogP contribution in [0.2, 0.25) is 0 Å². The Balaban J connectivity index is 1.73. The van der Waals surface area contributed by atoms with E-state index in [2.05, 4.69) is 37.9 Å². The lowest BCUT2D eigenvalue weighted by molar-refractivity contribution is 0.387. The lowest BCUT2D eigenvalue weighted by Crippen LogP contribution is -2.38. The Hall–Kier alpha value is -2.57. The van der Waals surface area contributed by atoms with Crippen LogP contribution in [0.1, 0.15) is 17.3 Å². The summed E-state index contributed by atoms with van der Waals surface area (Å²) in [5.41, 5.74) is 1.23.